The van der Waals surface area contributed by atoms with Crippen LogP contribution in [-0.2, 0) is 16.9 Å². The molecule has 0 radical (unpaired) electrons. The zero-order valence-corrected chi connectivity index (χ0v) is 11.2. The van der Waals surface area contributed by atoms with Crippen molar-refractivity contribution < 1.29 is 17.5 Å². The summed E-state index contributed by atoms with van der Waals surface area (Å²) in [6.07, 6.45) is 0. The maximum atomic E-state index is 8.63. The number of hydrogen-bond acceptors (Lipinski definition) is 4. The summed E-state index contributed by atoms with van der Waals surface area (Å²) < 4.78 is 32.8. The fraction of sp³-hybridized carbons (Fsp3) is 0.125. The second-order valence-electron chi connectivity index (χ2n) is 2.92. The molecule has 18 heavy (non-hydrogen) atoms. The number of rotatable bonds is 2. The lowest BCUT2D eigenvalue weighted by Gasteiger charge is -1.99. The number of nitrogens with zero attached hydrogens (tertiary/aromatic N) is 1. The first-order valence-corrected chi connectivity index (χ1v) is 6.39. The molecule has 0 aliphatic carbocycles. The average molecular weight is 315 g/mol. The Hall–Kier alpha value is -1.06. The van der Waals surface area contributed by atoms with Gasteiger partial charge < -0.3 is 16.0 Å². The van der Waals surface area contributed by atoms with E-state index in [-0.39, 0.29) is 5.96 Å². The Morgan fingerprint density at radius 3 is 2.22 bits per heavy atom. The summed E-state index contributed by atoms with van der Waals surface area (Å²) in [5.41, 5.74) is 11.3. The molecule has 10 heteroatoms. The first kappa shape index (κ1) is 16.9. The summed E-state index contributed by atoms with van der Waals surface area (Å²) in [6, 6.07) is 5.26. The number of aliphatic imine (C=N–C) groups is 1. The Kier molecular flexibility index (Phi) is 6.96. The minimum Gasteiger partial charge on any atom is -0.726 e. The maximum absolute atomic E-state index is 8.63. The Morgan fingerprint density at radius 2 is 1.83 bits per heavy atom. The van der Waals surface area contributed by atoms with Gasteiger partial charge in [-0.15, -0.1) is 0 Å². The van der Waals surface area contributed by atoms with Crippen LogP contribution in [0.3, 0.4) is 0 Å². The summed E-state index contributed by atoms with van der Waals surface area (Å²) >= 11 is 11.5. The van der Waals surface area contributed by atoms with Crippen LogP contribution in [0.2, 0.25) is 10.0 Å². The lowest BCUT2D eigenvalue weighted by Crippen LogP contribution is -2.22. The number of guanidine groups is 1. The fourth-order valence-electron chi connectivity index (χ4n) is 0.821. The van der Waals surface area contributed by atoms with E-state index in [0.29, 0.717) is 16.6 Å². The van der Waals surface area contributed by atoms with Gasteiger partial charge in [-0.3, -0.25) is 4.55 Å². The van der Waals surface area contributed by atoms with Gasteiger partial charge in [0.15, 0.2) is 5.96 Å². The molecule has 1 rings (SSSR count). The minimum atomic E-state index is -4.92. The molecule has 102 valence electrons. The van der Waals surface area contributed by atoms with Crippen molar-refractivity contribution in [3.8, 4) is 0 Å². The van der Waals surface area contributed by atoms with Crippen LogP contribution in [0.25, 0.3) is 0 Å². The molecule has 0 saturated heterocycles. The molecule has 0 atom stereocenters. The zero-order chi connectivity index (χ0) is 14.3. The quantitative estimate of drug-likeness (QED) is 0.318. The lowest BCUT2D eigenvalue weighted by molar-refractivity contribution is 0.366. The van der Waals surface area contributed by atoms with E-state index in [1.54, 1.807) is 12.1 Å². The van der Waals surface area contributed by atoms with Gasteiger partial charge in [0.25, 0.3) is 0 Å². The second-order valence-corrected chi connectivity index (χ2v) is 4.59. The van der Waals surface area contributed by atoms with Gasteiger partial charge in [-0.1, -0.05) is 29.3 Å². The monoisotopic (exact) mass is 314 g/mol. The van der Waals surface area contributed by atoms with Gasteiger partial charge >= 0.3 is 0 Å². The van der Waals surface area contributed by atoms with Crippen LogP contribution in [-0.4, -0.2) is 23.5 Å². The SMILES string of the molecule is NC(N)=NCc1ccc(Cl)c(Cl)c1.O=S(=O)([O-])O. The lowest BCUT2D eigenvalue weighted by atomic mass is 10.2. The van der Waals surface area contributed by atoms with Gasteiger partial charge in [0.05, 0.1) is 16.6 Å². The van der Waals surface area contributed by atoms with Crippen LogP contribution in [0.5, 0.6) is 0 Å². The van der Waals surface area contributed by atoms with Crippen molar-refractivity contribution in [2.24, 2.45) is 16.5 Å². The number of halogens is 2. The van der Waals surface area contributed by atoms with E-state index < -0.39 is 10.4 Å². The van der Waals surface area contributed by atoms with E-state index in [1.165, 1.54) is 0 Å². The smallest absolute Gasteiger partial charge is 0.215 e. The van der Waals surface area contributed by atoms with E-state index in [4.69, 9.17) is 52.2 Å². The van der Waals surface area contributed by atoms with Gasteiger partial charge in [0.1, 0.15) is 0 Å². The third kappa shape index (κ3) is 10.1. The first-order valence-electron chi connectivity index (χ1n) is 4.27. The van der Waals surface area contributed by atoms with Crippen LogP contribution in [0.15, 0.2) is 23.2 Å². The van der Waals surface area contributed by atoms with Gasteiger partial charge in [0.2, 0.25) is 10.4 Å². The van der Waals surface area contributed by atoms with Crippen molar-refractivity contribution in [1.82, 2.24) is 0 Å². The topological polar surface area (TPSA) is 142 Å². The van der Waals surface area contributed by atoms with Crippen LogP contribution in [0.4, 0.5) is 0 Å². The van der Waals surface area contributed by atoms with Gasteiger partial charge in [-0.2, -0.15) is 0 Å². The van der Waals surface area contributed by atoms with Crippen molar-refractivity contribution in [2.75, 3.05) is 0 Å². The molecule has 0 aromatic heterocycles. The summed E-state index contributed by atoms with van der Waals surface area (Å²) in [7, 11) is -4.92. The van der Waals surface area contributed by atoms with Crippen LogP contribution in [0, 0.1) is 0 Å². The van der Waals surface area contributed by atoms with E-state index in [9.17, 15) is 0 Å². The Bertz CT molecular complexity index is 521. The van der Waals surface area contributed by atoms with Crippen molar-refractivity contribution >= 4 is 39.6 Å². The highest BCUT2D eigenvalue weighted by atomic mass is 35.5. The van der Waals surface area contributed by atoms with Gasteiger partial charge in [-0.05, 0) is 17.7 Å². The summed E-state index contributed by atoms with van der Waals surface area (Å²) in [4.78, 5) is 3.84. The highest BCUT2D eigenvalue weighted by molar-refractivity contribution is 7.79. The van der Waals surface area contributed by atoms with E-state index >= 15 is 0 Å². The third-order valence-corrected chi connectivity index (χ3v) is 2.17. The van der Waals surface area contributed by atoms with Crippen molar-refractivity contribution in [3.63, 3.8) is 0 Å². The van der Waals surface area contributed by atoms with Gasteiger partial charge in [-0.25, -0.2) is 13.4 Å². The minimum absolute atomic E-state index is 0.0612. The average Bonchev–Trinajstić information content (AvgIpc) is 2.17. The highest BCUT2D eigenvalue weighted by Gasteiger charge is 1.98. The largest absolute Gasteiger partial charge is 0.726 e. The number of nitrogens with two attached hydrogens (primary N) is 2. The molecule has 7 nitrogen and oxygen atoms in total. The van der Waals surface area contributed by atoms with E-state index in [2.05, 4.69) is 4.99 Å². The number of benzene rings is 1. The van der Waals surface area contributed by atoms with Crippen LogP contribution < -0.4 is 11.5 Å². The molecule has 5 N–H and O–H groups in total. The molecular weight excluding hydrogens is 305 g/mol. The fourth-order valence-corrected chi connectivity index (χ4v) is 1.14. The van der Waals surface area contributed by atoms with Crippen LogP contribution >= 0.6 is 23.2 Å². The second kappa shape index (κ2) is 7.39. The third-order valence-electron chi connectivity index (χ3n) is 1.43. The Labute approximate surface area is 114 Å². The first-order chi connectivity index (χ1) is 8.09. The summed E-state index contributed by atoms with van der Waals surface area (Å²) in [6.45, 7) is 0.416. The summed E-state index contributed by atoms with van der Waals surface area (Å²) in [5, 5.41) is 1.03. The molecule has 0 unspecified atom stereocenters. The maximum Gasteiger partial charge on any atom is 0.215 e. The van der Waals surface area contributed by atoms with Crippen molar-refractivity contribution in [1.29, 1.82) is 0 Å². The normalized spacial score (nSPS) is 10.2. The predicted octanol–water partition coefficient (Wildman–Crippen LogP) is 0.771. The molecule has 0 bridgehead atoms. The number of hydrogen-bond donors (Lipinski definition) is 3. The molecular formula is C8H10Cl2N3O4S-. The van der Waals surface area contributed by atoms with Crippen molar-refractivity contribution in [2.45, 2.75) is 6.54 Å². The molecule has 0 amide bonds. The predicted molar refractivity (Wildman–Crippen MR) is 68.3 cm³/mol. The summed E-state index contributed by atoms with van der Waals surface area (Å²) in [5.74, 6) is 0.0612. The molecule has 1 aromatic carbocycles. The zero-order valence-electron chi connectivity index (χ0n) is 8.88. The molecule has 0 saturated carbocycles. The standard InChI is InChI=1S/C8H9Cl2N3.H2O4S/c9-6-2-1-5(3-7(6)10)4-13-8(11)12;1-5(2,3)4/h1-3H,4H2,(H4,11,12,13);(H2,1,2,3,4)/p-1. The van der Waals surface area contributed by atoms with Crippen LogP contribution in [0.1, 0.15) is 5.56 Å². The Balaban J connectivity index is 0.000000494. The van der Waals surface area contributed by atoms with E-state index in [1.807, 2.05) is 6.07 Å². The molecule has 0 fully saturated rings. The van der Waals surface area contributed by atoms with E-state index in [0.717, 1.165) is 5.56 Å². The molecule has 0 spiro atoms. The molecule has 0 aliphatic heterocycles. The van der Waals surface area contributed by atoms with Gasteiger partial charge in [0, 0.05) is 0 Å². The van der Waals surface area contributed by atoms with Crippen molar-refractivity contribution in [3.05, 3.63) is 33.8 Å². The molecule has 0 heterocycles. The molecule has 1 aromatic rings. The molecule has 0 aliphatic rings. The highest BCUT2D eigenvalue weighted by Crippen LogP contribution is 2.22. The Morgan fingerprint density at radius 1 is 1.33 bits per heavy atom.